The van der Waals surface area contributed by atoms with E-state index < -0.39 is 11.8 Å². The molecular weight excluding hydrogens is 478 g/mol. The molecule has 9 nitrogen and oxygen atoms in total. The van der Waals surface area contributed by atoms with E-state index in [0.717, 1.165) is 11.3 Å². The predicted molar refractivity (Wildman–Crippen MR) is 128 cm³/mol. The molecule has 3 heterocycles. The molecule has 1 aliphatic rings. The van der Waals surface area contributed by atoms with Crippen molar-refractivity contribution < 1.29 is 19.1 Å². The monoisotopic (exact) mass is 495 g/mol. The fraction of sp³-hybridized carbons (Fsp3) is 0.174. The molecule has 0 radical (unpaired) electrons. The van der Waals surface area contributed by atoms with Crippen molar-refractivity contribution in [2.75, 3.05) is 25.6 Å². The van der Waals surface area contributed by atoms with E-state index in [1.54, 1.807) is 23.8 Å². The molecule has 34 heavy (non-hydrogen) atoms. The van der Waals surface area contributed by atoms with Gasteiger partial charge in [0.25, 0.3) is 23.7 Å². The van der Waals surface area contributed by atoms with Gasteiger partial charge in [-0.1, -0.05) is 23.7 Å². The minimum Gasteiger partial charge on any atom is -0.385 e. The Kier molecular flexibility index (Phi) is 5.86. The highest BCUT2D eigenvalue weighted by atomic mass is 35.5. The van der Waals surface area contributed by atoms with Crippen LogP contribution in [0.2, 0.25) is 5.02 Å². The van der Waals surface area contributed by atoms with Crippen LogP contribution in [0.4, 0.5) is 5.95 Å². The van der Waals surface area contributed by atoms with Crippen molar-refractivity contribution in [1.82, 2.24) is 19.5 Å². The number of nitrogens with one attached hydrogen (secondary N) is 1. The lowest BCUT2D eigenvalue weighted by molar-refractivity contribution is 0.0638. The Labute approximate surface area is 202 Å². The number of carbonyl (C=O) groups excluding carboxylic acids is 3. The standard InChI is InChI=1S/C23H18ClN5O4S/c1-33-10-2-9-28-20(31)16-8-5-14(11-17(16)21(28)32)19(30)25-22-26-23-29(27-22)18(12-34-23)13-3-6-15(24)7-4-13/h3-8,11-12H,2,9-10H2,1H3,(H,25,27,30). The van der Waals surface area contributed by atoms with E-state index in [1.807, 2.05) is 17.5 Å². The maximum Gasteiger partial charge on any atom is 0.261 e. The maximum absolute atomic E-state index is 12.8. The van der Waals surface area contributed by atoms with Crippen molar-refractivity contribution in [3.63, 3.8) is 0 Å². The van der Waals surface area contributed by atoms with Crippen molar-refractivity contribution in [2.45, 2.75) is 6.42 Å². The van der Waals surface area contributed by atoms with E-state index in [0.29, 0.717) is 23.0 Å². The van der Waals surface area contributed by atoms with E-state index in [2.05, 4.69) is 15.4 Å². The van der Waals surface area contributed by atoms with Gasteiger partial charge >= 0.3 is 0 Å². The van der Waals surface area contributed by atoms with Crippen LogP contribution in [0.15, 0.2) is 47.8 Å². The quantitative estimate of drug-likeness (QED) is 0.307. The molecule has 2 aromatic heterocycles. The lowest BCUT2D eigenvalue weighted by atomic mass is 10.1. The number of rotatable bonds is 7. The summed E-state index contributed by atoms with van der Waals surface area (Å²) in [6, 6.07) is 11.8. The molecule has 0 saturated heterocycles. The number of methoxy groups -OCH3 is 1. The Balaban J connectivity index is 1.35. The van der Waals surface area contributed by atoms with Gasteiger partial charge in [0, 0.05) is 41.8 Å². The van der Waals surface area contributed by atoms with Crippen molar-refractivity contribution >= 4 is 51.6 Å². The average molecular weight is 496 g/mol. The molecule has 0 bridgehead atoms. The first-order valence-corrected chi connectivity index (χ1v) is 11.6. The Bertz CT molecular complexity index is 1430. The summed E-state index contributed by atoms with van der Waals surface area (Å²) >= 11 is 7.36. The first kappa shape index (κ1) is 22.2. The molecular formula is C23H18ClN5O4S. The zero-order chi connectivity index (χ0) is 23.8. The van der Waals surface area contributed by atoms with Crippen LogP contribution in [0, 0.1) is 0 Å². The minimum absolute atomic E-state index is 0.135. The van der Waals surface area contributed by atoms with E-state index in [-0.39, 0.29) is 35.1 Å². The van der Waals surface area contributed by atoms with Crippen molar-refractivity contribution in [3.8, 4) is 11.3 Å². The molecule has 0 spiro atoms. The van der Waals surface area contributed by atoms with Gasteiger partial charge in [-0.2, -0.15) is 4.98 Å². The number of benzene rings is 2. The second-order valence-electron chi connectivity index (χ2n) is 7.58. The SMILES string of the molecule is COCCCN1C(=O)c2ccc(C(=O)Nc3nc4scc(-c5ccc(Cl)cc5)n4n3)cc2C1=O. The number of carbonyl (C=O) groups is 3. The largest absolute Gasteiger partial charge is 0.385 e. The van der Waals surface area contributed by atoms with Gasteiger partial charge in [0.05, 0.1) is 16.8 Å². The molecule has 3 amide bonds. The summed E-state index contributed by atoms with van der Waals surface area (Å²) in [6.45, 7) is 0.697. The molecule has 172 valence electrons. The molecule has 0 fully saturated rings. The van der Waals surface area contributed by atoms with Gasteiger partial charge in [0.2, 0.25) is 4.96 Å². The molecule has 0 saturated carbocycles. The molecule has 11 heteroatoms. The third-order valence-electron chi connectivity index (χ3n) is 5.41. The van der Waals surface area contributed by atoms with Gasteiger partial charge < -0.3 is 4.74 Å². The Morgan fingerprint density at radius 3 is 2.65 bits per heavy atom. The fourth-order valence-electron chi connectivity index (χ4n) is 3.73. The first-order valence-electron chi connectivity index (χ1n) is 10.4. The molecule has 1 aliphatic heterocycles. The van der Waals surface area contributed by atoms with E-state index in [4.69, 9.17) is 16.3 Å². The highest BCUT2D eigenvalue weighted by Gasteiger charge is 2.35. The predicted octanol–water partition coefficient (Wildman–Crippen LogP) is 4.00. The number of nitrogens with zero attached hydrogens (tertiary/aromatic N) is 4. The Morgan fingerprint density at radius 2 is 1.88 bits per heavy atom. The van der Waals surface area contributed by atoms with Crippen LogP contribution >= 0.6 is 22.9 Å². The maximum atomic E-state index is 12.8. The van der Waals surface area contributed by atoms with Crippen LogP contribution in [-0.4, -0.2) is 57.5 Å². The van der Waals surface area contributed by atoms with Crippen molar-refractivity contribution in [1.29, 1.82) is 0 Å². The highest BCUT2D eigenvalue weighted by Crippen LogP contribution is 2.28. The number of hydrogen-bond acceptors (Lipinski definition) is 7. The van der Waals surface area contributed by atoms with E-state index in [1.165, 1.54) is 34.4 Å². The molecule has 0 atom stereocenters. The summed E-state index contributed by atoms with van der Waals surface area (Å²) < 4.78 is 6.63. The normalized spacial score (nSPS) is 13.1. The summed E-state index contributed by atoms with van der Waals surface area (Å²) in [5, 5.41) is 9.63. The van der Waals surface area contributed by atoms with Gasteiger partial charge in [0.1, 0.15) is 0 Å². The smallest absolute Gasteiger partial charge is 0.261 e. The molecule has 0 aliphatic carbocycles. The van der Waals surface area contributed by atoms with Crippen LogP contribution in [0.3, 0.4) is 0 Å². The summed E-state index contributed by atoms with van der Waals surface area (Å²) in [4.78, 5) is 44.3. The molecule has 0 unspecified atom stereocenters. The average Bonchev–Trinajstić information content (AvgIpc) is 3.47. The van der Waals surface area contributed by atoms with Crippen molar-refractivity contribution in [3.05, 3.63) is 69.6 Å². The number of hydrogen-bond donors (Lipinski definition) is 1. The number of amides is 3. The fourth-order valence-corrected chi connectivity index (χ4v) is 4.69. The number of imide groups is 1. The lowest BCUT2D eigenvalue weighted by Gasteiger charge is -2.12. The Hall–Kier alpha value is -3.60. The van der Waals surface area contributed by atoms with Crippen LogP contribution in [0.5, 0.6) is 0 Å². The van der Waals surface area contributed by atoms with E-state index in [9.17, 15) is 14.4 Å². The van der Waals surface area contributed by atoms with Crippen LogP contribution < -0.4 is 5.32 Å². The number of thiazole rings is 1. The lowest BCUT2D eigenvalue weighted by Crippen LogP contribution is -2.31. The first-order chi connectivity index (χ1) is 16.5. The molecule has 4 aromatic rings. The van der Waals surface area contributed by atoms with E-state index >= 15 is 0 Å². The second-order valence-corrected chi connectivity index (χ2v) is 8.85. The second kappa shape index (κ2) is 8.98. The van der Waals surface area contributed by atoms with Crippen LogP contribution in [0.1, 0.15) is 37.5 Å². The van der Waals surface area contributed by atoms with Crippen LogP contribution in [0.25, 0.3) is 16.2 Å². The number of fused-ring (bicyclic) bond motifs is 2. The van der Waals surface area contributed by atoms with Crippen molar-refractivity contribution in [2.24, 2.45) is 0 Å². The zero-order valence-electron chi connectivity index (χ0n) is 17.9. The summed E-state index contributed by atoms with van der Waals surface area (Å²) in [5.74, 6) is -1.13. The molecule has 5 rings (SSSR count). The summed E-state index contributed by atoms with van der Waals surface area (Å²) in [6.07, 6.45) is 0.538. The topological polar surface area (TPSA) is 106 Å². The molecule has 2 aromatic carbocycles. The number of anilines is 1. The van der Waals surface area contributed by atoms with Gasteiger partial charge in [-0.25, -0.2) is 4.52 Å². The van der Waals surface area contributed by atoms with Gasteiger partial charge in [-0.3, -0.25) is 24.6 Å². The number of halogens is 1. The van der Waals surface area contributed by atoms with Gasteiger partial charge in [-0.05, 0) is 36.8 Å². The van der Waals surface area contributed by atoms with Crippen LogP contribution in [-0.2, 0) is 4.74 Å². The highest BCUT2D eigenvalue weighted by molar-refractivity contribution is 7.15. The summed E-state index contributed by atoms with van der Waals surface area (Å²) in [5.41, 5.74) is 2.45. The number of aromatic nitrogens is 3. The third-order valence-corrected chi connectivity index (χ3v) is 6.48. The minimum atomic E-state index is -0.479. The zero-order valence-corrected chi connectivity index (χ0v) is 19.5. The Morgan fingerprint density at radius 1 is 1.12 bits per heavy atom. The third kappa shape index (κ3) is 3.96. The number of ether oxygens (including phenoxy) is 1. The van der Waals surface area contributed by atoms with Gasteiger partial charge in [0.15, 0.2) is 0 Å². The summed E-state index contributed by atoms with van der Waals surface area (Å²) in [7, 11) is 1.56. The van der Waals surface area contributed by atoms with Gasteiger partial charge in [-0.15, -0.1) is 16.4 Å². The molecule has 1 N–H and O–H groups in total.